The van der Waals surface area contributed by atoms with Crippen LogP contribution in [0.3, 0.4) is 0 Å². The van der Waals surface area contributed by atoms with E-state index in [1.807, 2.05) is 32.0 Å². The molecule has 0 aliphatic heterocycles. The van der Waals surface area contributed by atoms with Crippen molar-refractivity contribution in [3.8, 4) is 0 Å². The summed E-state index contributed by atoms with van der Waals surface area (Å²) in [5.74, 6) is 0. The molecule has 0 aromatic heterocycles. The molecule has 1 aromatic rings. The lowest BCUT2D eigenvalue weighted by molar-refractivity contribution is -0.135. The second-order valence-corrected chi connectivity index (χ2v) is 4.51. The van der Waals surface area contributed by atoms with E-state index in [-0.39, 0.29) is 6.42 Å². The van der Waals surface area contributed by atoms with E-state index in [9.17, 15) is 13.2 Å². The van der Waals surface area contributed by atoms with E-state index in [0.717, 1.165) is 16.7 Å². The van der Waals surface area contributed by atoms with Crippen LogP contribution in [-0.2, 0) is 0 Å². The molecule has 0 heterocycles. The van der Waals surface area contributed by atoms with Crippen molar-refractivity contribution >= 4 is 11.6 Å². The molecule has 0 saturated carbocycles. The molecule has 1 unspecified atom stereocenters. The Morgan fingerprint density at radius 1 is 1.25 bits per heavy atom. The van der Waals surface area contributed by atoms with E-state index >= 15 is 0 Å². The Morgan fingerprint density at radius 2 is 1.88 bits per heavy atom. The fourth-order valence-electron chi connectivity index (χ4n) is 1.54. The van der Waals surface area contributed by atoms with Gasteiger partial charge in [0.2, 0.25) is 0 Å². The predicted molar refractivity (Wildman–Crippen MR) is 59.8 cm³/mol. The lowest BCUT2D eigenvalue weighted by Gasteiger charge is -2.14. The topological polar surface area (TPSA) is 0 Å². The van der Waals surface area contributed by atoms with Crippen molar-refractivity contribution in [3.05, 3.63) is 34.9 Å². The van der Waals surface area contributed by atoms with Crippen LogP contribution in [0.15, 0.2) is 18.2 Å². The summed E-state index contributed by atoms with van der Waals surface area (Å²) in [6.45, 7) is 3.76. The SMILES string of the molecule is Cc1ccc(C)c(C(Cl)CCC(F)(F)F)c1. The third kappa shape index (κ3) is 4.05. The molecule has 0 fully saturated rings. The lowest BCUT2D eigenvalue weighted by Crippen LogP contribution is -2.08. The number of halogens is 4. The highest BCUT2D eigenvalue weighted by molar-refractivity contribution is 6.20. The average molecular weight is 251 g/mol. The Kier molecular flexibility index (Phi) is 4.25. The Balaban J connectivity index is 2.73. The van der Waals surface area contributed by atoms with Crippen molar-refractivity contribution in [1.29, 1.82) is 0 Å². The van der Waals surface area contributed by atoms with Crippen molar-refractivity contribution in [3.63, 3.8) is 0 Å². The van der Waals surface area contributed by atoms with Crippen molar-refractivity contribution in [1.82, 2.24) is 0 Å². The first-order valence-corrected chi connectivity index (χ1v) is 5.51. The van der Waals surface area contributed by atoms with E-state index in [2.05, 4.69) is 0 Å². The van der Waals surface area contributed by atoms with Crippen LogP contribution in [0, 0.1) is 13.8 Å². The maximum absolute atomic E-state index is 12.1. The van der Waals surface area contributed by atoms with Gasteiger partial charge in [-0.1, -0.05) is 23.8 Å². The van der Waals surface area contributed by atoms with Crippen molar-refractivity contribution in [2.75, 3.05) is 0 Å². The molecule has 16 heavy (non-hydrogen) atoms. The first-order chi connectivity index (χ1) is 7.29. The van der Waals surface area contributed by atoms with Crippen LogP contribution in [-0.4, -0.2) is 6.18 Å². The molecule has 0 spiro atoms. The average Bonchev–Trinajstić information content (AvgIpc) is 2.17. The Bertz CT molecular complexity index is 358. The molecule has 0 aliphatic rings. The summed E-state index contributed by atoms with van der Waals surface area (Å²) in [7, 11) is 0. The highest BCUT2D eigenvalue weighted by Gasteiger charge is 2.28. The normalized spacial score (nSPS) is 13.9. The minimum absolute atomic E-state index is 0.0741. The molecule has 90 valence electrons. The van der Waals surface area contributed by atoms with Crippen LogP contribution in [0.5, 0.6) is 0 Å². The molecule has 0 nitrogen and oxygen atoms in total. The van der Waals surface area contributed by atoms with Crippen LogP contribution in [0.2, 0.25) is 0 Å². The van der Waals surface area contributed by atoms with Crippen molar-refractivity contribution in [2.45, 2.75) is 38.2 Å². The van der Waals surface area contributed by atoms with Gasteiger partial charge in [0.15, 0.2) is 0 Å². The molecular weight excluding hydrogens is 237 g/mol. The number of alkyl halides is 4. The van der Waals surface area contributed by atoms with Gasteiger partial charge < -0.3 is 0 Å². The summed E-state index contributed by atoms with van der Waals surface area (Å²) in [6.07, 6.45) is -5.05. The number of hydrogen-bond donors (Lipinski definition) is 0. The number of rotatable bonds is 3. The monoisotopic (exact) mass is 250 g/mol. The quantitative estimate of drug-likeness (QED) is 0.668. The van der Waals surface area contributed by atoms with Gasteiger partial charge in [-0.3, -0.25) is 0 Å². The lowest BCUT2D eigenvalue weighted by atomic mass is 10.00. The van der Waals surface area contributed by atoms with Crippen LogP contribution < -0.4 is 0 Å². The first-order valence-electron chi connectivity index (χ1n) is 5.07. The Morgan fingerprint density at radius 3 is 2.44 bits per heavy atom. The fourth-order valence-corrected chi connectivity index (χ4v) is 1.89. The highest BCUT2D eigenvalue weighted by Crippen LogP contribution is 2.33. The molecular formula is C12H14ClF3. The minimum Gasteiger partial charge on any atom is -0.171 e. The summed E-state index contributed by atoms with van der Waals surface area (Å²) < 4.78 is 36.2. The molecule has 0 aliphatic carbocycles. The third-order valence-electron chi connectivity index (χ3n) is 2.45. The zero-order valence-corrected chi connectivity index (χ0v) is 9.99. The molecule has 1 aromatic carbocycles. The summed E-state index contributed by atoms with van der Waals surface area (Å²) in [5, 5.41) is -0.568. The molecule has 0 bridgehead atoms. The Labute approximate surface area is 98.4 Å². The summed E-state index contributed by atoms with van der Waals surface area (Å²) in [4.78, 5) is 0. The van der Waals surface area contributed by atoms with Gasteiger partial charge >= 0.3 is 6.18 Å². The highest BCUT2D eigenvalue weighted by atomic mass is 35.5. The number of aryl methyl sites for hydroxylation is 2. The maximum Gasteiger partial charge on any atom is 0.389 e. The maximum atomic E-state index is 12.1. The Hall–Kier alpha value is -0.700. The van der Waals surface area contributed by atoms with Crippen LogP contribution in [0.1, 0.15) is 34.9 Å². The minimum atomic E-state index is -4.13. The van der Waals surface area contributed by atoms with Gasteiger partial charge in [0.25, 0.3) is 0 Å². The molecule has 1 rings (SSSR count). The van der Waals surface area contributed by atoms with Crippen LogP contribution in [0.4, 0.5) is 13.2 Å². The second-order valence-electron chi connectivity index (χ2n) is 3.98. The van der Waals surface area contributed by atoms with Gasteiger partial charge in [-0.15, -0.1) is 11.6 Å². The molecule has 0 radical (unpaired) electrons. The fraction of sp³-hybridized carbons (Fsp3) is 0.500. The van der Waals surface area contributed by atoms with Crippen LogP contribution >= 0.6 is 11.6 Å². The van der Waals surface area contributed by atoms with Crippen LogP contribution in [0.25, 0.3) is 0 Å². The molecule has 4 heteroatoms. The summed E-state index contributed by atoms with van der Waals surface area (Å²) in [6, 6.07) is 5.66. The third-order valence-corrected chi connectivity index (χ3v) is 2.91. The molecule has 0 amide bonds. The predicted octanol–water partition coefficient (Wildman–Crippen LogP) is 4.93. The smallest absolute Gasteiger partial charge is 0.171 e. The van der Waals surface area contributed by atoms with Crippen molar-refractivity contribution < 1.29 is 13.2 Å². The van der Waals surface area contributed by atoms with Gasteiger partial charge in [-0.05, 0) is 31.4 Å². The zero-order valence-electron chi connectivity index (χ0n) is 9.24. The molecule has 0 N–H and O–H groups in total. The van der Waals surface area contributed by atoms with Gasteiger partial charge in [0.05, 0.1) is 5.38 Å². The van der Waals surface area contributed by atoms with E-state index < -0.39 is 18.0 Å². The molecule has 1 atom stereocenters. The first kappa shape index (κ1) is 13.4. The second kappa shape index (κ2) is 5.09. The van der Waals surface area contributed by atoms with Gasteiger partial charge in [-0.25, -0.2) is 0 Å². The van der Waals surface area contributed by atoms with Crippen molar-refractivity contribution in [2.24, 2.45) is 0 Å². The largest absolute Gasteiger partial charge is 0.389 e. The van der Waals surface area contributed by atoms with Gasteiger partial charge in [0, 0.05) is 6.42 Å². The zero-order chi connectivity index (χ0) is 12.3. The number of benzene rings is 1. The van der Waals surface area contributed by atoms with Gasteiger partial charge in [-0.2, -0.15) is 13.2 Å². The number of hydrogen-bond acceptors (Lipinski definition) is 0. The van der Waals surface area contributed by atoms with E-state index in [1.54, 1.807) is 0 Å². The molecule has 0 saturated heterocycles. The summed E-state index contributed by atoms with van der Waals surface area (Å²) >= 11 is 5.99. The summed E-state index contributed by atoms with van der Waals surface area (Å²) in [5.41, 5.74) is 2.75. The standard InChI is InChI=1S/C12H14ClF3/c1-8-3-4-9(2)10(7-8)11(13)5-6-12(14,15)16/h3-4,7,11H,5-6H2,1-2H3. The van der Waals surface area contributed by atoms with E-state index in [4.69, 9.17) is 11.6 Å². The van der Waals surface area contributed by atoms with Gasteiger partial charge in [0.1, 0.15) is 0 Å². The van der Waals surface area contributed by atoms with E-state index in [1.165, 1.54) is 0 Å². The van der Waals surface area contributed by atoms with E-state index in [0.29, 0.717) is 0 Å².